The van der Waals surface area contributed by atoms with E-state index in [2.05, 4.69) is 42.3 Å². The fourth-order valence-electron chi connectivity index (χ4n) is 3.13. The largest absolute Gasteiger partial charge is 0.346 e. The zero-order valence-corrected chi connectivity index (χ0v) is 17.9. The van der Waals surface area contributed by atoms with Crippen LogP contribution in [0.3, 0.4) is 0 Å². The molecule has 0 saturated heterocycles. The number of amides is 1. The summed E-state index contributed by atoms with van der Waals surface area (Å²) >= 11 is 0. The van der Waals surface area contributed by atoms with Crippen LogP contribution in [0.25, 0.3) is 5.69 Å². The standard InChI is InChI=1S/C24H28N4O2/c1-17(2)27(4)16-20-11-9-8-10-19(20)15-25-24(30)23-22(29)14-18(3)28(26-23)21-12-6-5-7-13-21/h5-14,17H,15-16H2,1-4H3,(H,25,30). The molecule has 0 bridgehead atoms. The van der Waals surface area contributed by atoms with E-state index >= 15 is 0 Å². The number of hydrogen-bond acceptors (Lipinski definition) is 4. The molecule has 0 aliphatic carbocycles. The lowest BCUT2D eigenvalue weighted by molar-refractivity contribution is 0.0942. The van der Waals surface area contributed by atoms with Crippen LogP contribution in [-0.4, -0.2) is 33.7 Å². The number of aromatic nitrogens is 2. The summed E-state index contributed by atoms with van der Waals surface area (Å²) in [5.74, 6) is -0.475. The zero-order valence-electron chi connectivity index (χ0n) is 17.9. The van der Waals surface area contributed by atoms with Crippen molar-refractivity contribution >= 4 is 5.91 Å². The number of rotatable bonds is 7. The molecule has 30 heavy (non-hydrogen) atoms. The molecule has 0 radical (unpaired) electrons. The molecule has 6 heteroatoms. The van der Waals surface area contributed by atoms with Crippen molar-refractivity contribution in [1.82, 2.24) is 20.0 Å². The Labute approximate surface area is 177 Å². The van der Waals surface area contributed by atoms with Gasteiger partial charge in [-0.2, -0.15) is 5.10 Å². The first-order valence-corrected chi connectivity index (χ1v) is 10.1. The molecule has 0 atom stereocenters. The van der Waals surface area contributed by atoms with Crippen molar-refractivity contribution in [1.29, 1.82) is 0 Å². The van der Waals surface area contributed by atoms with Crippen LogP contribution in [0.4, 0.5) is 0 Å². The van der Waals surface area contributed by atoms with Crippen molar-refractivity contribution in [3.63, 3.8) is 0 Å². The van der Waals surface area contributed by atoms with Crippen LogP contribution in [0.15, 0.2) is 65.5 Å². The van der Waals surface area contributed by atoms with Gasteiger partial charge < -0.3 is 5.32 Å². The summed E-state index contributed by atoms with van der Waals surface area (Å²) < 4.78 is 1.61. The van der Waals surface area contributed by atoms with Gasteiger partial charge in [0.2, 0.25) is 5.43 Å². The van der Waals surface area contributed by atoms with Crippen molar-refractivity contribution in [2.24, 2.45) is 0 Å². The summed E-state index contributed by atoms with van der Waals surface area (Å²) in [5, 5.41) is 7.20. The van der Waals surface area contributed by atoms with E-state index in [-0.39, 0.29) is 11.1 Å². The molecule has 6 nitrogen and oxygen atoms in total. The van der Waals surface area contributed by atoms with E-state index in [1.54, 1.807) is 11.6 Å². The molecule has 1 heterocycles. The fourth-order valence-corrected chi connectivity index (χ4v) is 3.13. The van der Waals surface area contributed by atoms with E-state index in [0.717, 1.165) is 23.4 Å². The second-order valence-corrected chi connectivity index (χ2v) is 7.71. The third kappa shape index (κ3) is 5.02. The minimum Gasteiger partial charge on any atom is -0.346 e. The van der Waals surface area contributed by atoms with Gasteiger partial charge in [0, 0.05) is 30.9 Å². The maximum atomic E-state index is 12.8. The second kappa shape index (κ2) is 9.50. The lowest BCUT2D eigenvalue weighted by Crippen LogP contribution is -2.32. The zero-order chi connectivity index (χ0) is 21.7. The Morgan fingerprint density at radius 3 is 2.37 bits per heavy atom. The Kier molecular flexibility index (Phi) is 6.79. The van der Waals surface area contributed by atoms with Crippen LogP contribution >= 0.6 is 0 Å². The summed E-state index contributed by atoms with van der Waals surface area (Å²) in [5.41, 5.74) is 3.14. The van der Waals surface area contributed by atoms with Crippen molar-refractivity contribution in [2.75, 3.05) is 7.05 Å². The third-order valence-corrected chi connectivity index (χ3v) is 5.18. The number of nitrogens with zero attached hydrogens (tertiary/aromatic N) is 3. The summed E-state index contributed by atoms with van der Waals surface area (Å²) in [6.45, 7) is 7.20. The average Bonchev–Trinajstić information content (AvgIpc) is 2.73. The number of carbonyl (C=O) groups excluding carboxylic acids is 1. The predicted molar refractivity (Wildman–Crippen MR) is 119 cm³/mol. The minimum absolute atomic E-state index is 0.110. The monoisotopic (exact) mass is 404 g/mol. The predicted octanol–water partition coefficient (Wildman–Crippen LogP) is 3.31. The van der Waals surface area contributed by atoms with E-state index in [4.69, 9.17) is 0 Å². The maximum Gasteiger partial charge on any atom is 0.276 e. The quantitative estimate of drug-likeness (QED) is 0.656. The van der Waals surface area contributed by atoms with Crippen LogP contribution in [0.2, 0.25) is 0 Å². The number of benzene rings is 2. The van der Waals surface area contributed by atoms with Crippen molar-refractivity contribution < 1.29 is 4.79 Å². The molecule has 0 aliphatic heterocycles. The van der Waals surface area contributed by atoms with Crippen molar-refractivity contribution in [2.45, 2.75) is 39.9 Å². The molecule has 1 aromatic heterocycles. The average molecular weight is 405 g/mol. The topological polar surface area (TPSA) is 67.2 Å². The van der Waals surface area contributed by atoms with Gasteiger partial charge >= 0.3 is 0 Å². The Morgan fingerprint density at radius 1 is 1.07 bits per heavy atom. The summed E-state index contributed by atoms with van der Waals surface area (Å²) in [6.07, 6.45) is 0. The van der Waals surface area contributed by atoms with Gasteiger partial charge in [-0.1, -0.05) is 42.5 Å². The molecule has 2 aromatic carbocycles. The molecule has 3 aromatic rings. The first kappa shape index (κ1) is 21.5. The molecule has 0 spiro atoms. The van der Waals surface area contributed by atoms with Crippen LogP contribution in [0.1, 0.15) is 41.2 Å². The molecule has 0 unspecified atom stereocenters. The smallest absolute Gasteiger partial charge is 0.276 e. The van der Waals surface area contributed by atoms with Crippen LogP contribution < -0.4 is 10.7 Å². The van der Waals surface area contributed by atoms with Gasteiger partial charge in [0.05, 0.1) is 5.69 Å². The molecular weight excluding hydrogens is 376 g/mol. The molecule has 156 valence electrons. The lowest BCUT2D eigenvalue weighted by Gasteiger charge is -2.22. The van der Waals surface area contributed by atoms with E-state index in [1.807, 2.05) is 48.5 Å². The lowest BCUT2D eigenvalue weighted by atomic mass is 10.1. The van der Waals surface area contributed by atoms with Gasteiger partial charge in [-0.05, 0) is 51.1 Å². The molecule has 0 fully saturated rings. The van der Waals surface area contributed by atoms with Gasteiger partial charge in [-0.25, -0.2) is 4.68 Å². The highest BCUT2D eigenvalue weighted by atomic mass is 16.2. The highest BCUT2D eigenvalue weighted by Crippen LogP contribution is 2.13. The Balaban J connectivity index is 1.80. The van der Waals surface area contributed by atoms with Gasteiger partial charge in [0.15, 0.2) is 5.69 Å². The van der Waals surface area contributed by atoms with Crippen molar-refractivity contribution in [3.8, 4) is 5.69 Å². The van der Waals surface area contributed by atoms with E-state index in [1.165, 1.54) is 6.07 Å². The van der Waals surface area contributed by atoms with E-state index < -0.39 is 5.91 Å². The highest BCUT2D eigenvalue weighted by Gasteiger charge is 2.16. The number of aryl methyl sites for hydroxylation is 1. The number of nitrogens with one attached hydrogen (secondary N) is 1. The molecule has 0 saturated carbocycles. The van der Waals surface area contributed by atoms with E-state index in [0.29, 0.717) is 18.3 Å². The van der Waals surface area contributed by atoms with Crippen LogP contribution in [0.5, 0.6) is 0 Å². The Bertz CT molecular complexity index is 1070. The normalized spacial score (nSPS) is 11.1. The highest BCUT2D eigenvalue weighted by molar-refractivity contribution is 5.92. The summed E-state index contributed by atoms with van der Waals surface area (Å²) in [6, 6.07) is 19.3. The van der Waals surface area contributed by atoms with Gasteiger partial charge in [-0.3, -0.25) is 14.5 Å². The first-order chi connectivity index (χ1) is 14.4. The Morgan fingerprint density at radius 2 is 1.70 bits per heavy atom. The van der Waals surface area contributed by atoms with Crippen LogP contribution in [0, 0.1) is 6.92 Å². The number of para-hydroxylation sites is 1. The summed E-state index contributed by atoms with van der Waals surface area (Å²) in [7, 11) is 2.07. The van der Waals surface area contributed by atoms with Gasteiger partial charge in [0.25, 0.3) is 5.91 Å². The molecule has 3 rings (SSSR count). The van der Waals surface area contributed by atoms with Crippen LogP contribution in [-0.2, 0) is 13.1 Å². The first-order valence-electron chi connectivity index (χ1n) is 10.1. The second-order valence-electron chi connectivity index (χ2n) is 7.71. The summed E-state index contributed by atoms with van der Waals surface area (Å²) in [4.78, 5) is 27.4. The number of hydrogen-bond donors (Lipinski definition) is 1. The fraction of sp³-hybridized carbons (Fsp3) is 0.292. The molecule has 1 N–H and O–H groups in total. The molecular formula is C24H28N4O2. The number of carbonyl (C=O) groups is 1. The molecule has 1 amide bonds. The third-order valence-electron chi connectivity index (χ3n) is 5.18. The SMILES string of the molecule is Cc1cc(=O)c(C(=O)NCc2ccccc2CN(C)C(C)C)nn1-c1ccccc1. The van der Waals surface area contributed by atoms with Crippen molar-refractivity contribution in [3.05, 3.63) is 93.4 Å². The molecule has 0 aliphatic rings. The Hall–Kier alpha value is -3.25. The van der Waals surface area contributed by atoms with Gasteiger partial charge in [-0.15, -0.1) is 0 Å². The minimum atomic E-state index is -0.475. The van der Waals surface area contributed by atoms with E-state index in [9.17, 15) is 9.59 Å². The van der Waals surface area contributed by atoms with Gasteiger partial charge in [0.1, 0.15) is 0 Å². The maximum absolute atomic E-state index is 12.8.